The fourth-order valence-corrected chi connectivity index (χ4v) is 2.70. The number of nitrogens with zero attached hydrogens (tertiary/aromatic N) is 2. The van der Waals surface area contributed by atoms with Gasteiger partial charge in [-0.3, -0.25) is 4.79 Å². The molecule has 108 valence electrons. The Bertz CT molecular complexity index is 666. The Morgan fingerprint density at radius 1 is 1.33 bits per heavy atom. The van der Waals surface area contributed by atoms with Gasteiger partial charge >= 0.3 is 0 Å². The summed E-state index contributed by atoms with van der Waals surface area (Å²) < 4.78 is 0. The number of anilines is 2. The lowest BCUT2D eigenvalue weighted by atomic mass is 9.99. The molecule has 2 heterocycles. The van der Waals surface area contributed by atoms with Crippen molar-refractivity contribution in [2.75, 3.05) is 16.9 Å². The number of fused-ring (bicyclic) bond motifs is 1. The second-order valence-corrected chi connectivity index (χ2v) is 5.27. The van der Waals surface area contributed by atoms with E-state index in [1.165, 1.54) is 11.1 Å². The van der Waals surface area contributed by atoms with Crippen molar-refractivity contribution in [2.45, 2.75) is 19.8 Å². The molecule has 21 heavy (non-hydrogen) atoms. The number of amides is 1. The van der Waals surface area contributed by atoms with Gasteiger partial charge in [-0.15, -0.1) is 0 Å². The highest BCUT2D eigenvalue weighted by Gasteiger charge is 2.23. The minimum absolute atomic E-state index is 0.0177. The van der Waals surface area contributed by atoms with Crippen molar-refractivity contribution in [1.29, 1.82) is 0 Å². The van der Waals surface area contributed by atoms with E-state index in [9.17, 15) is 4.79 Å². The third-order valence-corrected chi connectivity index (χ3v) is 3.76. The number of nitrogen functional groups attached to an aromatic ring is 1. The molecule has 1 aromatic carbocycles. The van der Waals surface area contributed by atoms with Crippen molar-refractivity contribution in [3.8, 4) is 0 Å². The van der Waals surface area contributed by atoms with Gasteiger partial charge in [0.05, 0.1) is 5.56 Å². The molecule has 0 atom stereocenters. The molecule has 3 rings (SSSR count). The second kappa shape index (κ2) is 5.54. The van der Waals surface area contributed by atoms with E-state index in [1.54, 1.807) is 18.3 Å². The number of carbonyl (C=O) groups is 1. The molecule has 1 aliphatic rings. The second-order valence-electron chi connectivity index (χ2n) is 5.27. The third-order valence-electron chi connectivity index (χ3n) is 3.76. The van der Waals surface area contributed by atoms with Crippen LogP contribution in [-0.2, 0) is 6.42 Å². The lowest BCUT2D eigenvalue weighted by Crippen LogP contribution is -2.35. The summed E-state index contributed by atoms with van der Waals surface area (Å²) in [5.41, 5.74) is 6.51. The number of aryl methyl sites for hydroxylation is 2. The average molecular weight is 282 g/mol. The van der Waals surface area contributed by atoms with E-state index in [-0.39, 0.29) is 5.91 Å². The minimum atomic E-state index is -0.0177. The van der Waals surface area contributed by atoms with Crippen LogP contribution in [0.1, 0.15) is 27.9 Å². The van der Waals surface area contributed by atoms with Crippen molar-refractivity contribution in [3.05, 3.63) is 53.2 Å². The predicted molar refractivity (Wildman–Crippen MR) is 83.2 cm³/mol. The van der Waals surface area contributed by atoms with Gasteiger partial charge < -0.3 is 10.3 Å². The first-order valence-corrected chi connectivity index (χ1v) is 7.03. The number of aromatic nitrogens is 1. The number of carbonyl (C=O) groups excluding carboxylic acids is 1. The first-order valence-electron chi connectivity index (χ1n) is 7.03. The van der Waals surface area contributed by atoms with E-state index in [4.69, 9.17) is 5.84 Å². The molecule has 0 fully saturated rings. The third kappa shape index (κ3) is 2.60. The zero-order valence-electron chi connectivity index (χ0n) is 12.0. The molecule has 0 saturated heterocycles. The Hall–Kier alpha value is -2.40. The van der Waals surface area contributed by atoms with Gasteiger partial charge in [0.1, 0.15) is 5.82 Å². The summed E-state index contributed by atoms with van der Waals surface area (Å²) in [4.78, 5) is 18.6. The Morgan fingerprint density at radius 3 is 2.90 bits per heavy atom. The van der Waals surface area contributed by atoms with Crippen LogP contribution < -0.4 is 16.2 Å². The summed E-state index contributed by atoms with van der Waals surface area (Å²) in [6.45, 7) is 2.81. The highest BCUT2D eigenvalue weighted by atomic mass is 16.2. The van der Waals surface area contributed by atoms with Crippen molar-refractivity contribution >= 4 is 17.4 Å². The molecule has 2 aromatic rings. The molecular weight excluding hydrogens is 264 g/mol. The maximum absolute atomic E-state index is 12.7. The lowest BCUT2D eigenvalue weighted by Gasteiger charge is -2.29. The summed E-state index contributed by atoms with van der Waals surface area (Å²) in [5, 5.41) is 0. The van der Waals surface area contributed by atoms with Crippen LogP contribution in [0.15, 0.2) is 36.5 Å². The molecular formula is C16H18N4O. The van der Waals surface area contributed by atoms with Gasteiger partial charge in [0.2, 0.25) is 0 Å². The molecule has 0 aliphatic carbocycles. The highest BCUT2D eigenvalue weighted by Crippen LogP contribution is 2.29. The SMILES string of the molecule is Cc1ccc2c(c1)CCCN2C(=O)c1ccc(NN)nc1. The zero-order valence-corrected chi connectivity index (χ0v) is 12.0. The molecule has 5 heteroatoms. The Balaban J connectivity index is 1.92. The first kappa shape index (κ1) is 13.6. The normalized spacial score (nSPS) is 13.7. The molecule has 0 unspecified atom stereocenters. The quantitative estimate of drug-likeness (QED) is 0.655. The standard InChI is InChI=1S/C16H18N4O/c1-11-4-6-14-12(9-11)3-2-8-20(14)16(21)13-5-7-15(19-17)18-10-13/h4-7,9-10H,2-3,8,17H2,1H3,(H,18,19). The number of pyridine rings is 1. The van der Waals surface area contributed by atoms with Gasteiger partial charge in [-0.25, -0.2) is 10.8 Å². The highest BCUT2D eigenvalue weighted by molar-refractivity contribution is 6.06. The fraction of sp³-hybridized carbons (Fsp3) is 0.250. The van der Waals surface area contributed by atoms with E-state index in [0.29, 0.717) is 11.4 Å². The maximum Gasteiger partial charge on any atom is 0.259 e. The number of benzene rings is 1. The van der Waals surface area contributed by atoms with Crippen LogP contribution in [0, 0.1) is 6.92 Å². The molecule has 0 radical (unpaired) electrons. The molecule has 1 aliphatic heterocycles. The van der Waals surface area contributed by atoms with Crippen LogP contribution in [0.4, 0.5) is 11.5 Å². The smallest absolute Gasteiger partial charge is 0.259 e. The average Bonchev–Trinajstić information content (AvgIpc) is 2.53. The fourth-order valence-electron chi connectivity index (χ4n) is 2.70. The van der Waals surface area contributed by atoms with Crippen molar-refractivity contribution in [1.82, 2.24) is 4.98 Å². The number of nitrogens with two attached hydrogens (primary N) is 1. The Morgan fingerprint density at radius 2 is 2.19 bits per heavy atom. The van der Waals surface area contributed by atoms with Crippen molar-refractivity contribution in [2.24, 2.45) is 5.84 Å². The Kier molecular flexibility index (Phi) is 3.58. The zero-order chi connectivity index (χ0) is 14.8. The van der Waals surface area contributed by atoms with Gasteiger partial charge in [0.15, 0.2) is 0 Å². The van der Waals surface area contributed by atoms with Gasteiger partial charge in [-0.1, -0.05) is 17.7 Å². The number of nitrogens with one attached hydrogen (secondary N) is 1. The number of rotatable bonds is 2. The van der Waals surface area contributed by atoms with Crippen LogP contribution in [0.5, 0.6) is 0 Å². The first-order chi connectivity index (χ1) is 10.2. The van der Waals surface area contributed by atoms with E-state index in [2.05, 4.69) is 23.4 Å². The molecule has 0 bridgehead atoms. The summed E-state index contributed by atoms with van der Waals surface area (Å²) in [7, 11) is 0. The minimum Gasteiger partial charge on any atom is -0.308 e. The molecule has 0 saturated carbocycles. The van der Waals surface area contributed by atoms with Crippen LogP contribution in [0.3, 0.4) is 0 Å². The van der Waals surface area contributed by atoms with E-state index in [0.717, 1.165) is 25.1 Å². The topological polar surface area (TPSA) is 71.2 Å². The molecule has 3 N–H and O–H groups in total. The summed E-state index contributed by atoms with van der Waals surface area (Å²) >= 11 is 0. The summed E-state index contributed by atoms with van der Waals surface area (Å²) in [6.07, 6.45) is 3.56. The van der Waals surface area contributed by atoms with Crippen molar-refractivity contribution < 1.29 is 4.79 Å². The predicted octanol–water partition coefficient (Wildman–Crippen LogP) is 2.27. The summed E-state index contributed by atoms with van der Waals surface area (Å²) in [5.74, 6) is 5.81. The van der Waals surface area contributed by atoms with E-state index < -0.39 is 0 Å². The van der Waals surface area contributed by atoms with Gasteiger partial charge in [-0.2, -0.15) is 0 Å². The summed E-state index contributed by atoms with van der Waals surface area (Å²) in [6, 6.07) is 9.68. The van der Waals surface area contributed by atoms with E-state index in [1.807, 2.05) is 17.0 Å². The van der Waals surface area contributed by atoms with E-state index >= 15 is 0 Å². The van der Waals surface area contributed by atoms with Crippen LogP contribution in [0.2, 0.25) is 0 Å². The molecule has 1 aromatic heterocycles. The maximum atomic E-state index is 12.7. The number of hydrogen-bond acceptors (Lipinski definition) is 4. The molecule has 0 spiro atoms. The Labute approximate surface area is 123 Å². The van der Waals surface area contributed by atoms with Gasteiger partial charge in [0, 0.05) is 18.4 Å². The lowest BCUT2D eigenvalue weighted by molar-refractivity contribution is 0.0985. The van der Waals surface area contributed by atoms with Crippen LogP contribution in [0.25, 0.3) is 0 Å². The van der Waals surface area contributed by atoms with Crippen molar-refractivity contribution in [3.63, 3.8) is 0 Å². The number of hydrogen-bond donors (Lipinski definition) is 2. The molecule has 1 amide bonds. The van der Waals surface area contributed by atoms with Crippen LogP contribution in [-0.4, -0.2) is 17.4 Å². The van der Waals surface area contributed by atoms with Gasteiger partial charge in [-0.05, 0) is 43.5 Å². The number of hydrazine groups is 1. The monoisotopic (exact) mass is 282 g/mol. The molecule has 5 nitrogen and oxygen atoms in total. The largest absolute Gasteiger partial charge is 0.308 e. The van der Waals surface area contributed by atoms with Crippen LogP contribution >= 0.6 is 0 Å². The van der Waals surface area contributed by atoms with Gasteiger partial charge in [0.25, 0.3) is 5.91 Å².